The van der Waals surface area contributed by atoms with Gasteiger partial charge in [0.1, 0.15) is 36.8 Å². The molecule has 0 spiro atoms. The van der Waals surface area contributed by atoms with Crippen LogP contribution in [0.15, 0.2) is 18.2 Å². The van der Waals surface area contributed by atoms with Crippen molar-refractivity contribution in [1.82, 2.24) is 0 Å². The van der Waals surface area contributed by atoms with E-state index in [1.807, 2.05) is 45.9 Å². The van der Waals surface area contributed by atoms with Crippen LogP contribution >= 0.6 is 0 Å². The van der Waals surface area contributed by atoms with E-state index in [-0.39, 0.29) is 25.0 Å². The van der Waals surface area contributed by atoms with Crippen LogP contribution in [0.1, 0.15) is 50.7 Å². The number of para-hydroxylation sites is 1. The van der Waals surface area contributed by atoms with Gasteiger partial charge in [-0.15, -0.1) is 0 Å². The lowest BCUT2D eigenvalue weighted by Crippen LogP contribution is -2.59. The minimum absolute atomic E-state index is 0.152. The van der Waals surface area contributed by atoms with Crippen molar-refractivity contribution in [2.45, 2.75) is 70.2 Å². The Bertz CT molecular complexity index is 663. The van der Waals surface area contributed by atoms with Gasteiger partial charge in [0.25, 0.3) is 0 Å². The summed E-state index contributed by atoms with van der Waals surface area (Å²) in [6.45, 7) is 7.13. The number of benzene rings is 1. The normalized spacial score (nSPS) is 26.8. The van der Waals surface area contributed by atoms with Crippen LogP contribution in [0.2, 0.25) is 0 Å². The van der Waals surface area contributed by atoms with E-state index in [4.69, 9.17) is 18.9 Å². The zero-order chi connectivity index (χ0) is 22.4. The van der Waals surface area contributed by atoms with Crippen molar-refractivity contribution >= 4 is 6.16 Å². The first-order valence-electron chi connectivity index (χ1n) is 10.1. The molecule has 9 nitrogen and oxygen atoms in total. The van der Waals surface area contributed by atoms with Crippen LogP contribution in [0.3, 0.4) is 0 Å². The zero-order valence-corrected chi connectivity index (χ0v) is 17.7. The van der Waals surface area contributed by atoms with Crippen molar-refractivity contribution in [3.05, 3.63) is 29.3 Å². The van der Waals surface area contributed by atoms with Gasteiger partial charge in [0, 0.05) is 0 Å². The highest BCUT2D eigenvalue weighted by molar-refractivity contribution is 5.66. The monoisotopic (exact) mass is 428 g/mol. The Morgan fingerprint density at radius 1 is 1.00 bits per heavy atom. The molecule has 170 valence electrons. The molecule has 0 bridgehead atoms. The molecule has 0 saturated carbocycles. The third-order valence-corrected chi connectivity index (χ3v) is 4.94. The van der Waals surface area contributed by atoms with E-state index in [1.54, 1.807) is 0 Å². The molecule has 0 radical (unpaired) electrons. The second kappa shape index (κ2) is 11.0. The van der Waals surface area contributed by atoms with E-state index in [0.717, 1.165) is 11.1 Å². The summed E-state index contributed by atoms with van der Waals surface area (Å²) in [6.07, 6.45) is -7.75. The number of ether oxygens (including phenoxy) is 4. The van der Waals surface area contributed by atoms with Gasteiger partial charge in [0.2, 0.25) is 0 Å². The summed E-state index contributed by atoms with van der Waals surface area (Å²) in [7, 11) is 0. The highest BCUT2D eigenvalue weighted by Crippen LogP contribution is 2.34. The molecule has 1 aromatic rings. The van der Waals surface area contributed by atoms with Gasteiger partial charge in [-0.3, -0.25) is 0 Å². The van der Waals surface area contributed by atoms with Crippen molar-refractivity contribution in [3.63, 3.8) is 0 Å². The van der Waals surface area contributed by atoms with Gasteiger partial charge in [-0.2, -0.15) is 0 Å². The van der Waals surface area contributed by atoms with Crippen LogP contribution in [0.4, 0.5) is 4.79 Å². The molecule has 5 atom stereocenters. The van der Waals surface area contributed by atoms with Crippen LogP contribution in [0.25, 0.3) is 0 Å². The number of carbonyl (C=O) groups is 1. The van der Waals surface area contributed by atoms with Crippen LogP contribution < -0.4 is 4.74 Å². The molecular formula is C21H32O9. The lowest BCUT2D eigenvalue weighted by Gasteiger charge is -2.39. The molecule has 0 aromatic heterocycles. The topological polar surface area (TPSA) is 135 Å². The quantitative estimate of drug-likeness (QED) is 0.274. The second-order valence-corrected chi connectivity index (χ2v) is 7.84. The second-order valence-electron chi connectivity index (χ2n) is 7.84. The summed E-state index contributed by atoms with van der Waals surface area (Å²) in [5.74, 6) is 0.796. The van der Waals surface area contributed by atoms with E-state index in [1.165, 1.54) is 0 Å². The fraction of sp³-hybridized carbons (Fsp3) is 0.667. The van der Waals surface area contributed by atoms with Crippen LogP contribution in [-0.2, 0) is 14.2 Å². The Morgan fingerprint density at radius 2 is 1.60 bits per heavy atom. The van der Waals surface area contributed by atoms with E-state index >= 15 is 0 Å². The maximum Gasteiger partial charge on any atom is 0.513 e. The molecule has 2 unspecified atom stereocenters. The number of hydrogen-bond donors (Lipinski definition) is 4. The maximum atomic E-state index is 12.2. The van der Waals surface area contributed by atoms with Crippen LogP contribution in [0.5, 0.6) is 5.75 Å². The van der Waals surface area contributed by atoms with Crippen LogP contribution in [-0.4, -0.2) is 77.1 Å². The number of hydrogen-bond acceptors (Lipinski definition) is 9. The van der Waals surface area contributed by atoms with E-state index in [9.17, 15) is 25.2 Å². The summed E-state index contributed by atoms with van der Waals surface area (Å²) in [4.78, 5) is 12.2. The third-order valence-electron chi connectivity index (χ3n) is 4.94. The SMILES string of the molecule is CC(C)c1cccc(C(C)C)c1OC(=O)OCCO[C@H]1OC(CO)[C@@H](O)C(O)[C@H]1O. The Morgan fingerprint density at radius 3 is 2.13 bits per heavy atom. The first kappa shape index (κ1) is 24.5. The molecule has 4 N–H and O–H groups in total. The molecule has 1 fully saturated rings. The first-order valence-corrected chi connectivity index (χ1v) is 10.1. The largest absolute Gasteiger partial charge is 0.513 e. The summed E-state index contributed by atoms with van der Waals surface area (Å²) in [6, 6.07) is 5.74. The molecule has 1 aliphatic heterocycles. The minimum atomic E-state index is -1.53. The van der Waals surface area contributed by atoms with Crippen molar-refractivity contribution in [3.8, 4) is 5.75 Å². The highest BCUT2D eigenvalue weighted by atomic mass is 16.7. The molecule has 1 aromatic carbocycles. The zero-order valence-electron chi connectivity index (χ0n) is 17.7. The third kappa shape index (κ3) is 5.90. The number of aliphatic hydroxyl groups is 4. The lowest BCUT2D eigenvalue weighted by atomic mass is 9.94. The van der Waals surface area contributed by atoms with Crippen molar-refractivity contribution < 1.29 is 44.2 Å². The molecular weight excluding hydrogens is 396 g/mol. The van der Waals surface area contributed by atoms with E-state index < -0.39 is 43.5 Å². The summed E-state index contributed by atoms with van der Waals surface area (Å²) >= 11 is 0. The fourth-order valence-corrected chi connectivity index (χ4v) is 3.21. The number of carbonyl (C=O) groups excluding carboxylic acids is 1. The molecule has 2 rings (SSSR count). The average molecular weight is 428 g/mol. The molecule has 1 heterocycles. The summed E-state index contributed by atoms with van der Waals surface area (Å²) < 4.78 is 21.0. The molecule has 30 heavy (non-hydrogen) atoms. The standard InChI is InChI=1S/C21H32O9/c1-11(2)13-6-5-7-14(12(3)4)19(13)30-21(26)28-9-8-27-20-18(25)17(24)16(23)15(10-22)29-20/h5-7,11-12,15-18,20,22-25H,8-10H2,1-4H3/t15?,16-,17?,18-,20+/m1/s1. The number of aliphatic hydroxyl groups excluding tert-OH is 4. The Kier molecular flexibility index (Phi) is 9.02. The predicted molar refractivity (Wildman–Crippen MR) is 106 cm³/mol. The van der Waals surface area contributed by atoms with Gasteiger partial charge in [0.05, 0.1) is 13.2 Å². The summed E-state index contributed by atoms with van der Waals surface area (Å²) in [5, 5.41) is 38.6. The van der Waals surface area contributed by atoms with Gasteiger partial charge in [-0.25, -0.2) is 4.79 Å². The molecule has 9 heteroatoms. The van der Waals surface area contributed by atoms with Crippen LogP contribution in [0, 0.1) is 0 Å². The van der Waals surface area contributed by atoms with Gasteiger partial charge < -0.3 is 39.4 Å². The van der Waals surface area contributed by atoms with Gasteiger partial charge in [-0.1, -0.05) is 45.9 Å². The van der Waals surface area contributed by atoms with Gasteiger partial charge in [0.15, 0.2) is 6.29 Å². The Balaban J connectivity index is 1.89. The summed E-state index contributed by atoms with van der Waals surface area (Å²) in [5.41, 5.74) is 1.80. The molecule has 0 aliphatic carbocycles. The molecule has 0 amide bonds. The average Bonchev–Trinajstić information content (AvgIpc) is 2.70. The van der Waals surface area contributed by atoms with E-state index in [0.29, 0.717) is 5.75 Å². The van der Waals surface area contributed by atoms with Crippen molar-refractivity contribution in [2.75, 3.05) is 19.8 Å². The van der Waals surface area contributed by atoms with Crippen molar-refractivity contribution in [1.29, 1.82) is 0 Å². The molecule has 1 saturated heterocycles. The molecule has 1 aliphatic rings. The van der Waals surface area contributed by atoms with Gasteiger partial charge in [-0.05, 0) is 23.0 Å². The smallest absolute Gasteiger partial charge is 0.432 e. The van der Waals surface area contributed by atoms with E-state index in [2.05, 4.69) is 0 Å². The van der Waals surface area contributed by atoms with Crippen molar-refractivity contribution in [2.24, 2.45) is 0 Å². The van der Waals surface area contributed by atoms with Gasteiger partial charge >= 0.3 is 6.16 Å². The number of rotatable bonds is 8. The maximum absolute atomic E-state index is 12.2. The Hall–Kier alpha value is -1.75. The lowest BCUT2D eigenvalue weighted by molar-refractivity contribution is -0.302. The minimum Gasteiger partial charge on any atom is -0.432 e. The fourth-order valence-electron chi connectivity index (χ4n) is 3.21. The highest BCUT2D eigenvalue weighted by Gasteiger charge is 2.43. The Labute approximate surface area is 176 Å². The first-order chi connectivity index (χ1) is 14.2. The predicted octanol–water partition coefficient (Wildman–Crippen LogP) is 1.27.